The van der Waals surface area contributed by atoms with Gasteiger partial charge in [0.15, 0.2) is 0 Å². The molecule has 1 aromatic rings. The van der Waals surface area contributed by atoms with Crippen LogP contribution in [0.5, 0.6) is 0 Å². The van der Waals surface area contributed by atoms with E-state index in [2.05, 4.69) is 12.1 Å². The molecule has 64 valence electrons. The Labute approximate surface area is 76.9 Å². The summed E-state index contributed by atoms with van der Waals surface area (Å²) >= 11 is 1.67. The standard InChI is InChI=1S/C9H12N2S/c1-11-9(10)12-7-8-5-3-2-4-6-8/h2-6H,7H2,1H3,(H2,10,11)/p+2. The first kappa shape index (κ1) is 9.29. The molecule has 12 heavy (non-hydrogen) atoms. The van der Waals surface area contributed by atoms with Gasteiger partial charge in [-0.3, -0.25) is 5.32 Å². The fourth-order valence-corrected chi connectivity index (χ4v) is 1.52. The molecule has 0 heterocycles. The van der Waals surface area contributed by atoms with Crippen LogP contribution in [0, 0.1) is 0 Å². The van der Waals surface area contributed by atoms with Gasteiger partial charge in [0.05, 0.1) is 7.05 Å². The van der Waals surface area contributed by atoms with Gasteiger partial charge in [0.25, 0.3) is 0 Å². The van der Waals surface area contributed by atoms with Crippen molar-refractivity contribution in [1.82, 2.24) is 0 Å². The lowest BCUT2D eigenvalue weighted by atomic mass is 10.2. The van der Waals surface area contributed by atoms with E-state index >= 15 is 0 Å². The Kier molecular flexibility index (Phi) is 3.84. The van der Waals surface area contributed by atoms with Crippen LogP contribution >= 0.6 is 11.8 Å². The molecular formula is C9H14N2S+2. The molecule has 0 saturated heterocycles. The van der Waals surface area contributed by atoms with Crippen molar-refractivity contribution >= 4 is 16.9 Å². The Morgan fingerprint density at radius 3 is 2.67 bits per heavy atom. The van der Waals surface area contributed by atoms with E-state index in [0.717, 1.165) is 10.9 Å². The predicted octanol–water partition coefficient (Wildman–Crippen LogP) is -0.772. The summed E-state index contributed by atoms with van der Waals surface area (Å²) in [5.41, 5.74) is 1.31. The van der Waals surface area contributed by atoms with Gasteiger partial charge >= 0.3 is 5.17 Å². The minimum atomic E-state index is 0.888. The summed E-state index contributed by atoms with van der Waals surface area (Å²) in [6.07, 6.45) is 0. The fraction of sp³-hybridized carbons (Fsp3) is 0.222. The summed E-state index contributed by atoms with van der Waals surface area (Å²) in [7, 11) is 1.95. The van der Waals surface area contributed by atoms with Crippen molar-refractivity contribution in [2.45, 2.75) is 5.75 Å². The molecule has 1 rings (SSSR count). The van der Waals surface area contributed by atoms with Crippen LogP contribution in [0.4, 0.5) is 0 Å². The normalized spacial score (nSPS) is 9.75. The van der Waals surface area contributed by atoms with Crippen molar-refractivity contribution in [3.05, 3.63) is 35.9 Å². The van der Waals surface area contributed by atoms with Gasteiger partial charge in [-0.15, -0.1) is 0 Å². The number of hydrogen-bond acceptors (Lipinski definition) is 1. The lowest BCUT2D eigenvalue weighted by Crippen LogP contribution is -2.89. The van der Waals surface area contributed by atoms with Crippen LogP contribution in [-0.2, 0) is 5.75 Å². The maximum atomic E-state index is 5.64. The van der Waals surface area contributed by atoms with Crippen molar-refractivity contribution in [2.75, 3.05) is 7.05 Å². The lowest BCUT2D eigenvalue weighted by molar-refractivity contribution is -0.528. The molecule has 0 unspecified atom stereocenters. The maximum Gasteiger partial charge on any atom is 0.394 e. The zero-order valence-corrected chi connectivity index (χ0v) is 7.97. The predicted molar refractivity (Wildman–Crippen MR) is 52.5 cm³/mol. The van der Waals surface area contributed by atoms with Crippen LogP contribution in [0.3, 0.4) is 0 Å². The number of thioether (sulfide) groups is 1. The summed E-state index contributed by atoms with van der Waals surface area (Å²) in [5, 5.41) is 8.46. The molecule has 0 aliphatic rings. The highest BCUT2D eigenvalue weighted by molar-refractivity contribution is 8.12. The number of hydrogen-bond donors (Lipinski definition) is 2. The van der Waals surface area contributed by atoms with Gasteiger partial charge in [-0.2, -0.15) is 0 Å². The van der Waals surface area contributed by atoms with Gasteiger partial charge in [-0.1, -0.05) is 30.3 Å². The topological polar surface area (TPSA) is 42.2 Å². The second kappa shape index (κ2) is 4.95. The Hall–Kier alpha value is -0.800. The molecule has 0 aromatic heterocycles. The van der Waals surface area contributed by atoms with Crippen LogP contribution < -0.4 is 10.7 Å². The van der Waals surface area contributed by atoms with E-state index in [1.165, 1.54) is 5.56 Å². The Balaban J connectivity index is 2.38. The van der Waals surface area contributed by atoms with Crippen molar-refractivity contribution in [3.63, 3.8) is 0 Å². The van der Waals surface area contributed by atoms with Gasteiger partial charge in [0.1, 0.15) is 0 Å². The van der Waals surface area contributed by atoms with Crippen LogP contribution in [0.1, 0.15) is 5.56 Å². The second-order valence-electron chi connectivity index (χ2n) is 2.47. The van der Waals surface area contributed by atoms with Crippen molar-refractivity contribution in [2.24, 2.45) is 0 Å². The lowest BCUT2D eigenvalue weighted by Gasteiger charge is -1.95. The fourth-order valence-electron chi connectivity index (χ4n) is 0.824. The molecule has 2 nitrogen and oxygen atoms in total. The van der Waals surface area contributed by atoms with Gasteiger partial charge in [0.2, 0.25) is 0 Å². The highest BCUT2D eigenvalue weighted by Gasteiger charge is 2.03. The first-order chi connectivity index (χ1) is 5.83. The number of rotatable bonds is 2. The molecular weight excluding hydrogens is 168 g/mol. The van der Waals surface area contributed by atoms with Crippen molar-refractivity contribution < 1.29 is 10.7 Å². The number of quaternary nitrogens is 1. The first-order valence-electron chi connectivity index (χ1n) is 3.91. The third kappa shape index (κ3) is 3.07. The zero-order chi connectivity index (χ0) is 8.81. The molecule has 0 spiro atoms. The summed E-state index contributed by atoms with van der Waals surface area (Å²) in [4.78, 5) is 0. The summed E-state index contributed by atoms with van der Waals surface area (Å²) in [6.45, 7) is 0. The third-order valence-corrected chi connectivity index (χ3v) is 2.58. The second-order valence-corrected chi connectivity index (χ2v) is 3.51. The van der Waals surface area contributed by atoms with E-state index in [0.29, 0.717) is 0 Å². The van der Waals surface area contributed by atoms with E-state index in [9.17, 15) is 0 Å². The third-order valence-electron chi connectivity index (χ3n) is 1.53. The molecule has 3 heteroatoms. The van der Waals surface area contributed by atoms with Crippen LogP contribution in [-0.4, -0.2) is 12.2 Å². The zero-order valence-electron chi connectivity index (χ0n) is 7.16. The molecule has 0 fully saturated rings. The Morgan fingerprint density at radius 1 is 1.42 bits per heavy atom. The van der Waals surface area contributed by atoms with Gasteiger partial charge in [0, 0.05) is 17.5 Å². The summed E-state index contributed by atoms with van der Waals surface area (Å²) in [6, 6.07) is 10.3. The molecule has 0 saturated carbocycles. The number of nitrogens with two attached hydrogens (primary N) is 2. The highest BCUT2D eigenvalue weighted by atomic mass is 32.2. The molecule has 0 aliphatic carbocycles. The SMILES string of the molecule is C[NH2+]C(=[NH2+])SCc1ccccc1. The molecule has 0 radical (unpaired) electrons. The number of amidine groups is 1. The molecule has 0 amide bonds. The van der Waals surface area contributed by atoms with Crippen LogP contribution in [0.15, 0.2) is 30.3 Å². The van der Waals surface area contributed by atoms with Gasteiger partial charge in [-0.05, 0) is 5.56 Å². The largest absolute Gasteiger partial charge is 0.394 e. The van der Waals surface area contributed by atoms with Crippen LogP contribution in [0.2, 0.25) is 0 Å². The van der Waals surface area contributed by atoms with E-state index in [4.69, 9.17) is 5.41 Å². The molecule has 1 aromatic carbocycles. The minimum absolute atomic E-state index is 0.888. The monoisotopic (exact) mass is 182 g/mol. The van der Waals surface area contributed by atoms with E-state index in [1.807, 2.05) is 30.6 Å². The Morgan fingerprint density at radius 2 is 2.08 bits per heavy atom. The van der Waals surface area contributed by atoms with Gasteiger partial charge in [-0.25, -0.2) is 5.41 Å². The highest BCUT2D eigenvalue weighted by Crippen LogP contribution is 2.08. The van der Waals surface area contributed by atoms with Crippen LogP contribution in [0.25, 0.3) is 0 Å². The van der Waals surface area contributed by atoms with E-state index < -0.39 is 0 Å². The van der Waals surface area contributed by atoms with Crippen molar-refractivity contribution in [1.29, 1.82) is 0 Å². The van der Waals surface area contributed by atoms with E-state index in [-0.39, 0.29) is 0 Å². The maximum absolute atomic E-state index is 5.64. The molecule has 0 bridgehead atoms. The number of benzene rings is 1. The summed E-state index contributed by atoms with van der Waals surface area (Å²) in [5.74, 6) is 0.955. The van der Waals surface area contributed by atoms with E-state index in [1.54, 1.807) is 11.8 Å². The molecule has 4 N–H and O–H groups in total. The quantitative estimate of drug-likeness (QED) is 0.458. The smallest absolute Gasteiger partial charge is 0.255 e. The van der Waals surface area contributed by atoms with Gasteiger partial charge < -0.3 is 0 Å². The molecule has 0 atom stereocenters. The minimum Gasteiger partial charge on any atom is -0.255 e. The average Bonchev–Trinajstić information content (AvgIpc) is 2.16. The van der Waals surface area contributed by atoms with Crippen molar-refractivity contribution in [3.8, 4) is 0 Å². The first-order valence-corrected chi connectivity index (χ1v) is 4.90. The Bertz CT molecular complexity index is 246. The average molecular weight is 182 g/mol. The molecule has 0 aliphatic heterocycles. The summed E-state index contributed by atoms with van der Waals surface area (Å²) < 4.78 is 0.